The average molecular weight is 222 g/mol. The molecule has 0 atom stereocenters. The number of nitrogens with zero attached hydrogens (tertiary/aromatic N) is 3. The van der Waals surface area contributed by atoms with Crippen molar-refractivity contribution in [2.75, 3.05) is 20.1 Å². The molecule has 2 rings (SSSR count). The highest BCUT2D eigenvalue weighted by Crippen LogP contribution is 2.06. The summed E-state index contributed by atoms with van der Waals surface area (Å²) in [6.45, 7) is 4.63. The predicted octanol–water partition coefficient (Wildman–Crippen LogP) is 1.02. The number of likely N-dealkylation sites (N-methyl/N-ethyl adjacent to an activating group) is 1. The van der Waals surface area contributed by atoms with Gasteiger partial charge in [-0.3, -0.25) is 4.99 Å². The molecule has 0 amide bonds. The lowest BCUT2D eigenvalue weighted by molar-refractivity contribution is 0.443. The highest BCUT2D eigenvalue weighted by molar-refractivity contribution is 5.81. The Morgan fingerprint density at radius 1 is 1.56 bits per heavy atom. The lowest BCUT2D eigenvalue weighted by Gasteiger charge is -2.13. The number of oxazole rings is 1. The van der Waals surface area contributed by atoms with Gasteiger partial charge in [0, 0.05) is 20.0 Å². The fourth-order valence-electron chi connectivity index (χ4n) is 1.65. The molecular weight excluding hydrogens is 204 g/mol. The molecule has 5 nitrogen and oxygen atoms in total. The van der Waals surface area contributed by atoms with Crippen LogP contribution in [0.2, 0.25) is 0 Å². The molecule has 0 spiro atoms. The Labute approximate surface area is 95.6 Å². The lowest BCUT2D eigenvalue weighted by Crippen LogP contribution is -2.34. The SMILES string of the molecule is CCCc1ncc(CNC2=NCCN2C)o1. The Morgan fingerprint density at radius 3 is 3.12 bits per heavy atom. The van der Waals surface area contributed by atoms with Crippen molar-refractivity contribution in [3.05, 3.63) is 17.8 Å². The summed E-state index contributed by atoms with van der Waals surface area (Å²) in [5.74, 6) is 2.63. The molecule has 5 heteroatoms. The summed E-state index contributed by atoms with van der Waals surface area (Å²) in [6.07, 6.45) is 3.75. The van der Waals surface area contributed by atoms with Crippen LogP contribution in [0.15, 0.2) is 15.6 Å². The van der Waals surface area contributed by atoms with Gasteiger partial charge >= 0.3 is 0 Å². The first-order valence-electron chi connectivity index (χ1n) is 5.72. The van der Waals surface area contributed by atoms with Crippen molar-refractivity contribution in [1.29, 1.82) is 0 Å². The number of aryl methyl sites for hydroxylation is 1. The standard InChI is InChI=1S/C11H18N4O/c1-3-4-10-13-7-9(16-10)8-14-11-12-5-6-15(11)2/h7H,3-6,8H2,1-2H3,(H,12,14). The van der Waals surface area contributed by atoms with Crippen LogP contribution in [0.25, 0.3) is 0 Å². The molecule has 0 aromatic carbocycles. The monoisotopic (exact) mass is 222 g/mol. The summed E-state index contributed by atoms with van der Waals surface area (Å²) in [4.78, 5) is 10.7. The second-order valence-electron chi connectivity index (χ2n) is 3.95. The molecule has 1 aliphatic rings. The van der Waals surface area contributed by atoms with Crippen molar-refractivity contribution in [3.8, 4) is 0 Å². The minimum Gasteiger partial charge on any atom is -0.444 e. The Balaban J connectivity index is 1.84. The van der Waals surface area contributed by atoms with Gasteiger partial charge in [0.25, 0.3) is 0 Å². The minimum absolute atomic E-state index is 0.653. The molecule has 88 valence electrons. The smallest absolute Gasteiger partial charge is 0.194 e. The van der Waals surface area contributed by atoms with Crippen LogP contribution in [0.3, 0.4) is 0 Å². The van der Waals surface area contributed by atoms with Crippen molar-refractivity contribution in [3.63, 3.8) is 0 Å². The van der Waals surface area contributed by atoms with E-state index in [1.807, 2.05) is 7.05 Å². The number of aliphatic imine (C=N–C) groups is 1. The van der Waals surface area contributed by atoms with E-state index in [0.29, 0.717) is 6.54 Å². The largest absolute Gasteiger partial charge is 0.444 e. The molecule has 0 saturated heterocycles. The quantitative estimate of drug-likeness (QED) is 0.826. The molecular formula is C11H18N4O. The van der Waals surface area contributed by atoms with E-state index in [2.05, 4.69) is 27.1 Å². The number of guanidine groups is 1. The first-order valence-corrected chi connectivity index (χ1v) is 5.72. The zero-order chi connectivity index (χ0) is 11.4. The third-order valence-electron chi connectivity index (χ3n) is 2.54. The van der Waals surface area contributed by atoms with E-state index in [0.717, 1.165) is 43.5 Å². The molecule has 0 unspecified atom stereocenters. The van der Waals surface area contributed by atoms with E-state index in [4.69, 9.17) is 4.42 Å². The van der Waals surface area contributed by atoms with Crippen LogP contribution in [0, 0.1) is 0 Å². The second kappa shape index (κ2) is 5.01. The molecule has 0 radical (unpaired) electrons. The Bertz CT molecular complexity index is 372. The topological polar surface area (TPSA) is 53.7 Å². The van der Waals surface area contributed by atoms with Crippen LogP contribution < -0.4 is 5.32 Å². The fourth-order valence-corrected chi connectivity index (χ4v) is 1.65. The van der Waals surface area contributed by atoms with Gasteiger partial charge in [0.05, 0.1) is 19.3 Å². The van der Waals surface area contributed by atoms with Crippen molar-refractivity contribution in [2.45, 2.75) is 26.3 Å². The van der Waals surface area contributed by atoms with Gasteiger partial charge in [-0.1, -0.05) is 6.92 Å². The van der Waals surface area contributed by atoms with E-state index in [1.54, 1.807) is 6.20 Å². The van der Waals surface area contributed by atoms with E-state index in [1.165, 1.54) is 0 Å². The highest BCUT2D eigenvalue weighted by Gasteiger charge is 2.12. The van der Waals surface area contributed by atoms with Gasteiger partial charge in [-0.2, -0.15) is 0 Å². The molecule has 1 aliphatic heterocycles. The zero-order valence-corrected chi connectivity index (χ0v) is 9.86. The van der Waals surface area contributed by atoms with E-state index in [9.17, 15) is 0 Å². The summed E-state index contributed by atoms with van der Waals surface area (Å²) in [7, 11) is 2.03. The Hall–Kier alpha value is -1.52. The first-order chi connectivity index (χ1) is 7.79. The molecule has 2 heterocycles. The van der Waals surface area contributed by atoms with Crippen molar-refractivity contribution >= 4 is 5.96 Å². The summed E-state index contributed by atoms with van der Waals surface area (Å²) < 4.78 is 5.57. The van der Waals surface area contributed by atoms with Crippen molar-refractivity contribution in [1.82, 2.24) is 15.2 Å². The molecule has 0 fully saturated rings. The van der Waals surface area contributed by atoms with Crippen LogP contribution in [0.5, 0.6) is 0 Å². The van der Waals surface area contributed by atoms with Crippen molar-refractivity contribution < 1.29 is 4.42 Å². The van der Waals surface area contributed by atoms with Gasteiger partial charge in [0.2, 0.25) is 0 Å². The lowest BCUT2D eigenvalue weighted by atomic mass is 10.3. The molecule has 0 bridgehead atoms. The highest BCUT2D eigenvalue weighted by atomic mass is 16.4. The third-order valence-corrected chi connectivity index (χ3v) is 2.54. The maximum absolute atomic E-state index is 5.57. The summed E-state index contributed by atoms with van der Waals surface area (Å²) in [6, 6.07) is 0. The van der Waals surface area contributed by atoms with Crippen LogP contribution in [-0.4, -0.2) is 36.0 Å². The fraction of sp³-hybridized carbons (Fsp3) is 0.636. The third kappa shape index (κ3) is 2.53. The van der Waals surface area contributed by atoms with Crippen LogP contribution in [-0.2, 0) is 13.0 Å². The van der Waals surface area contributed by atoms with Gasteiger partial charge in [-0.05, 0) is 6.42 Å². The average Bonchev–Trinajstić information content (AvgIpc) is 2.86. The molecule has 0 aliphatic carbocycles. The second-order valence-corrected chi connectivity index (χ2v) is 3.95. The molecule has 1 aromatic rings. The first kappa shape index (κ1) is 11.0. The summed E-state index contributed by atoms with van der Waals surface area (Å²) >= 11 is 0. The van der Waals surface area contributed by atoms with Gasteiger partial charge in [0.15, 0.2) is 11.9 Å². The molecule has 16 heavy (non-hydrogen) atoms. The Kier molecular flexibility index (Phi) is 3.44. The van der Waals surface area contributed by atoms with Gasteiger partial charge in [-0.15, -0.1) is 0 Å². The molecule has 1 N–H and O–H groups in total. The number of hydrogen-bond acceptors (Lipinski definition) is 5. The van der Waals surface area contributed by atoms with Crippen molar-refractivity contribution in [2.24, 2.45) is 4.99 Å². The minimum atomic E-state index is 0.653. The van der Waals surface area contributed by atoms with Crippen LogP contribution in [0.1, 0.15) is 25.0 Å². The summed E-state index contributed by atoms with van der Waals surface area (Å²) in [5.41, 5.74) is 0. The Morgan fingerprint density at radius 2 is 2.44 bits per heavy atom. The zero-order valence-electron chi connectivity index (χ0n) is 9.86. The number of rotatable bonds is 4. The van der Waals surface area contributed by atoms with E-state index in [-0.39, 0.29) is 0 Å². The van der Waals surface area contributed by atoms with Crippen LogP contribution >= 0.6 is 0 Å². The predicted molar refractivity (Wildman–Crippen MR) is 62.3 cm³/mol. The maximum Gasteiger partial charge on any atom is 0.194 e. The van der Waals surface area contributed by atoms with E-state index < -0.39 is 0 Å². The van der Waals surface area contributed by atoms with Gasteiger partial charge in [0.1, 0.15) is 5.76 Å². The van der Waals surface area contributed by atoms with Gasteiger partial charge in [-0.25, -0.2) is 4.98 Å². The van der Waals surface area contributed by atoms with Crippen LogP contribution in [0.4, 0.5) is 0 Å². The van der Waals surface area contributed by atoms with Gasteiger partial charge < -0.3 is 14.6 Å². The molecule has 0 saturated carbocycles. The summed E-state index contributed by atoms with van der Waals surface area (Å²) in [5, 5.41) is 3.25. The van der Waals surface area contributed by atoms with E-state index >= 15 is 0 Å². The molecule has 1 aromatic heterocycles. The maximum atomic E-state index is 5.57. The number of hydrogen-bond donors (Lipinski definition) is 1. The number of nitrogens with one attached hydrogen (secondary N) is 1. The number of aromatic nitrogens is 1. The normalized spacial score (nSPS) is 15.4.